The number of aromatic nitrogens is 1. The van der Waals surface area contributed by atoms with Crippen molar-refractivity contribution in [3.63, 3.8) is 0 Å². The minimum absolute atomic E-state index is 0.239. The Kier molecular flexibility index (Phi) is 5.00. The van der Waals surface area contributed by atoms with Crippen LogP contribution in [-0.2, 0) is 11.2 Å². The van der Waals surface area contributed by atoms with Gasteiger partial charge in [0.25, 0.3) is 0 Å². The van der Waals surface area contributed by atoms with Gasteiger partial charge in [-0.3, -0.25) is 9.78 Å². The molecule has 1 aromatic carbocycles. The number of carbonyl (C=O) groups excluding carboxylic acids is 1. The molecule has 0 saturated heterocycles. The Morgan fingerprint density at radius 2 is 2.10 bits per heavy atom. The van der Waals surface area contributed by atoms with Crippen molar-refractivity contribution >= 4 is 12.0 Å². The lowest BCUT2D eigenvalue weighted by atomic mass is 10.2. The molecule has 0 saturated carbocycles. The van der Waals surface area contributed by atoms with Gasteiger partial charge in [-0.25, -0.2) is 4.39 Å². The van der Waals surface area contributed by atoms with Crippen LogP contribution in [0.25, 0.3) is 6.08 Å². The third-order valence-corrected chi connectivity index (χ3v) is 2.76. The number of halogens is 1. The summed E-state index contributed by atoms with van der Waals surface area (Å²) in [7, 11) is 0. The third-order valence-electron chi connectivity index (χ3n) is 2.76. The second-order valence-electron chi connectivity index (χ2n) is 4.26. The van der Waals surface area contributed by atoms with Crippen LogP contribution in [0.1, 0.15) is 11.1 Å². The first-order valence-electron chi connectivity index (χ1n) is 6.35. The number of nitrogens with one attached hydrogen (secondary N) is 1. The van der Waals surface area contributed by atoms with E-state index >= 15 is 0 Å². The van der Waals surface area contributed by atoms with E-state index in [-0.39, 0.29) is 11.7 Å². The van der Waals surface area contributed by atoms with Gasteiger partial charge in [-0.05, 0) is 30.2 Å². The Balaban J connectivity index is 1.80. The molecule has 1 amide bonds. The van der Waals surface area contributed by atoms with Gasteiger partial charge in [-0.15, -0.1) is 0 Å². The SMILES string of the molecule is O=C(/C=C/c1ccccc1F)NCCc1cccnc1. The average molecular weight is 270 g/mol. The number of carbonyl (C=O) groups is 1. The lowest BCUT2D eigenvalue weighted by Gasteiger charge is -2.02. The zero-order valence-electron chi connectivity index (χ0n) is 10.9. The highest BCUT2D eigenvalue weighted by molar-refractivity contribution is 5.91. The van der Waals surface area contributed by atoms with E-state index in [1.165, 1.54) is 18.2 Å². The summed E-state index contributed by atoms with van der Waals surface area (Å²) in [5.74, 6) is -0.580. The Bertz CT molecular complexity index is 596. The Hall–Kier alpha value is -2.49. The van der Waals surface area contributed by atoms with Gasteiger partial charge in [0.1, 0.15) is 5.82 Å². The lowest BCUT2D eigenvalue weighted by Crippen LogP contribution is -2.23. The van der Waals surface area contributed by atoms with Crippen LogP contribution in [0.15, 0.2) is 54.9 Å². The standard InChI is InChI=1S/C16H15FN2O/c17-15-6-2-1-5-14(15)7-8-16(20)19-11-9-13-4-3-10-18-12-13/h1-8,10,12H,9,11H2,(H,19,20)/b8-7+. The number of pyridine rings is 1. The molecule has 2 aromatic rings. The molecule has 0 radical (unpaired) electrons. The molecule has 0 atom stereocenters. The monoisotopic (exact) mass is 270 g/mol. The van der Waals surface area contributed by atoms with Gasteiger partial charge in [0.15, 0.2) is 0 Å². The van der Waals surface area contributed by atoms with Gasteiger partial charge in [0, 0.05) is 30.6 Å². The van der Waals surface area contributed by atoms with Gasteiger partial charge >= 0.3 is 0 Å². The fraction of sp³-hybridized carbons (Fsp3) is 0.125. The van der Waals surface area contributed by atoms with Crippen LogP contribution in [0.4, 0.5) is 4.39 Å². The van der Waals surface area contributed by atoms with Gasteiger partial charge in [0.05, 0.1) is 0 Å². The second kappa shape index (κ2) is 7.19. The second-order valence-corrected chi connectivity index (χ2v) is 4.26. The van der Waals surface area contributed by atoms with Crippen molar-refractivity contribution in [3.8, 4) is 0 Å². The molecule has 3 nitrogen and oxygen atoms in total. The summed E-state index contributed by atoms with van der Waals surface area (Å²) < 4.78 is 13.3. The van der Waals surface area contributed by atoms with Gasteiger partial charge in [-0.2, -0.15) is 0 Å². The quantitative estimate of drug-likeness (QED) is 0.848. The molecule has 1 aromatic heterocycles. The first-order valence-corrected chi connectivity index (χ1v) is 6.35. The predicted molar refractivity (Wildman–Crippen MR) is 76.4 cm³/mol. The van der Waals surface area contributed by atoms with Crippen molar-refractivity contribution in [2.45, 2.75) is 6.42 Å². The summed E-state index contributed by atoms with van der Waals surface area (Å²) in [4.78, 5) is 15.6. The van der Waals surface area contributed by atoms with Gasteiger partial charge in [-0.1, -0.05) is 24.3 Å². The molecule has 4 heteroatoms. The molecular weight excluding hydrogens is 255 g/mol. The van der Waals surface area contributed by atoms with Crippen LogP contribution >= 0.6 is 0 Å². The Morgan fingerprint density at radius 3 is 2.85 bits per heavy atom. The van der Waals surface area contributed by atoms with Crippen molar-refractivity contribution in [2.75, 3.05) is 6.54 Å². The zero-order chi connectivity index (χ0) is 14.2. The Morgan fingerprint density at radius 1 is 1.25 bits per heavy atom. The van der Waals surface area contributed by atoms with Crippen molar-refractivity contribution in [1.29, 1.82) is 0 Å². The number of hydrogen-bond acceptors (Lipinski definition) is 2. The molecule has 0 spiro atoms. The molecule has 0 fully saturated rings. The number of rotatable bonds is 5. The minimum atomic E-state index is -0.341. The average Bonchev–Trinajstić information content (AvgIpc) is 2.47. The molecule has 0 bridgehead atoms. The highest BCUT2D eigenvalue weighted by Gasteiger charge is 1.99. The fourth-order valence-electron chi connectivity index (χ4n) is 1.71. The summed E-state index contributed by atoms with van der Waals surface area (Å²) >= 11 is 0. The lowest BCUT2D eigenvalue weighted by molar-refractivity contribution is -0.116. The molecule has 0 aliphatic carbocycles. The molecule has 102 valence electrons. The summed E-state index contributed by atoms with van der Waals surface area (Å²) in [6.45, 7) is 0.520. The van der Waals surface area contributed by atoms with Crippen LogP contribution in [-0.4, -0.2) is 17.4 Å². The normalized spacial score (nSPS) is 10.7. The highest BCUT2D eigenvalue weighted by atomic mass is 19.1. The topological polar surface area (TPSA) is 42.0 Å². The third kappa shape index (κ3) is 4.31. The van der Waals surface area contributed by atoms with Gasteiger partial charge in [0.2, 0.25) is 5.91 Å². The van der Waals surface area contributed by atoms with Crippen LogP contribution in [0.5, 0.6) is 0 Å². The number of hydrogen-bond donors (Lipinski definition) is 1. The maximum atomic E-state index is 13.3. The molecule has 0 aliphatic heterocycles. The number of nitrogens with zero attached hydrogens (tertiary/aromatic N) is 1. The van der Waals surface area contributed by atoms with Crippen molar-refractivity contribution in [1.82, 2.24) is 10.3 Å². The van der Waals surface area contributed by atoms with Crippen LogP contribution in [0, 0.1) is 5.82 Å². The van der Waals surface area contributed by atoms with Crippen LogP contribution in [0.3, 0.4) is 0 Å². The number of amides is 1. The van der Waals surface area contributed by atoms with E-state index in [0.717, 1.165) is 5.56 Å². The van der Waals surface area contributed by atoms with E-state index in [0.29, 0.717) is 18.5 Å². The largest absolute Gasteiger partial charge is 0.352 e. The smallest absolute Gasteiger partial charge is 0.244 e. The van der Waals surface area contributed by atoms with E-state index < -0.39 is 0 Å². The Labute approximate surface area is 117 Å². The van der Waals surface area contributed by atoms with Crippen molar-refractivity contribution in [3.05, 3.63) is 71.8 Å². The fourth-order valence-corrected chi connectivity index (χ4v) is 1.71. The van der Waals surface area contributed by atoms with E-state index in [1.54, 1.807) is 30.6 Å². The summed E-state index contributed by atoms with van der Waals surface area (Å²) in [5, 5.41) is 2.74. The molecule has 20 heavy (non-hydrogen) atoms. The van der Waals surface area contributed by atoms with Crippen LogP contribution < -0.4 is 5.32 Å². The molecule has 0 unspecified atom stereocenters. The zero-order valence-corrected chi connectivity index (χ0v) is 10.9. The van der Waals surface area contributed by atoms with E-state index in [2.05, 4.69) is 10.3 Å². The maximum absolute atomic E-state index is 13.3. The molecule has 2 rings (SSSR count). The molecule has 0 aliphatic rings. The van der Waals surface area contributed by atoms with E-state index in [4.69, 9.17) is 0 Å². The molecular formula is C16H15FN2O. The number of benzene rings is 1. The first-order chi connectivity index (χ1) is 9.75. The molecule has 1 N–H and O–H groups in total. The van der Waals surface area contributed by atoms with E-state index in [1.807, 2.05) is 12.1 Å². The first kappa shape index (κ1) is 13.9. The highest BCUT2D eigenvalue weighted by Crippen LogP contribution is 2.07. The maximum Gasteiger partial charge on any atom is 0.244 e. The predicted octanol–water partition coefficient (Wildman–Crippen LogP) is 2.59. The summed E-state index contributed by atoms with van der Waals surface area (Å²) in [6.07, 6.45) is 6.99. The van der Waals surface area contributed by atoms with Crippen molar-refractivity contribution < 1.29 is 9.18 Å². The van der Waals surface area contributed by atoms with Gasteiger partial charge < -0.3 is 5.32 Å². The van der Waals surface area contributed by atoms with E-state index in [9.17, 15) is 9.18 Å². The summed E-state index contributed by atoms with van der Waals surface area (Å²) in [6, 6.07) is 10.1. The minimum Gasteiger partial charge on any atom is -0.352 e. The molecule has 1 heterocycles. The summed E-state index contributed by atoms with van der Waals surface area (Å²) in [5.41, 5.74) is 1.46. The van der Waals surface area contributed by atoms with Crippen molar-refractivity contribution in [2.24, 2.45) is 0 Å². The van der Waals surface area contributed by atoms with Crippen LogP contribution in [0.2, 0.25) is 0 Å².